The molecule has 2 fully saturated rings. The van der Waals surface area contributed by atoms with E-state index in [0.717, 1.165) is 29.8 Å². The number of benzene rings is 1. The summed E-state index contributed by atoms with van der Waals surface area (Å²) >= 11 is 0. The molecule has 3 aromatic rings. The van der Waals surface area contributed by atoms with Crippen LogP contribution in [0.15, 0.2) is 36.7 Å². The van der Waals surface area contributed by atoms with Gasteiger partial charge in [0.2, 0.25) is 5.88 Å². The van der Waals surface area contributed by atoms with Gasteiger partial charge >= 0.3 is 0 Å². The van der Waals surface area contributed by atoms with E-state index in [2.05, 4.69) is 56.5 Å². The first-order valence-corrected chi connectivity index (χ1v) is 11.2. The van der Waals surface area contributed by atoms with Crippen molar-refractivity contribution in [3.63, 3.8) is 0 Å². The molecule has 0 spiro atoms. The van der Waals surface area contributed by atoms with Crippen molar-refractivity contribution in [2.45, 2.75) is 56.7 Å². The molecule has 0 saturated carbocycles. The second-order valence-corrected chi connectivity index (χ2v) is 9.78. The van der Waals surface area contributed by atoms with Gasteiger partial charge in [-0.2, -0.15) is 5.10 Å². The summed E-state index contributed by atoms with van der Waals surface area (Å²) < 4.78 is 5.13. The molecule has 3 atom stereocenters. The van der Waals surface area contributed by atoms with Crippen molar-refractivity contribution in [3.05, 3.63) is 36.7 Å². The van der Waals surface area contributed by atoms with Crippen LogP contribution in [0.1, 0.15) is 39.5 Å². The summed E-state index contributed by atoms with van der Waals surface area (Å²) in [7, 11) is 3.60. The molecule has 1 aromatic carbocycles. The second kappa shape index (κ2) is 7.91. The largest absolute Gasteiger partial charge is 0.507 e. The van der Waals surface area contributed by atoms with Crippen molar-refractivity contribution < 1.29 is 9.84 Å². The third-order valence-corrected chi connectivity index (χ3v) is 7.08. The number of anilines is 1. The lowest BCUT2D eigenvalue weighted by molar-refractivity contribution is 0.207. The summed E-state index contributed by atoms with van der Waals surface area (Å²) in [5.74, 6) is 1.60. The number of rotatable bonds is 5. The molecule has 9 heteroatoms. The molecular formula is C24H29N7O2. The van der Waals surface area contributed by atoms with Crippen LogP contribution in [0.2, 0.25) is 0 Å². The molecule has 2 aromatic heterocycles. The van der Waals surface area contributed by atoms with E-state index >= 15 is 0 Å². The van der Waals surface area contributed by atoms with Gasteiger partial charge in [0.25, 0.3) is 0 Å². The van der Waals surface area contributed by atoms with E-state index in [1.807, 2.05) is 6.07 Å². The monoisotopic (exact) mass is 447 g/mol. The Hall–Kier alpha value is -3.33. The van der Waals surface area contributed by atoms with Gasteiger partial charge in [0.15, 0.2) is 11.6 Å². The highest BCUT2D eigenvalue weighted by atomic mass is 16.5. The number of hydrogen-bond donors (Lipinski definition) is 2. The van der Waals surface area contributed by atoms with Crippen LogP contribution in [0.5, 0.6) is 11.6 Å². The Balaban J connectivity index is 1.35. The lowest BCUT2D eigenvalue weighted by atomic mass is 9.84. The van der Waals surface area contributed by atoms with E-state index in [9.17, 15) is 5.11 Å². The third kappa shape index (κ3) is 4.08. The van der Waals surface area contributed by atoms with E-state index < -0.39 is 0 Å². The number of nitrogens with one attached hydrogen (secondary N) is 1. The molecule has 5 rings (SSSR count). The highest BCUT2D eigenvalue weighted by molar-refractivity contribution is 5.72. The number of aromatic hydroxyl groups is 1. The maximum atomic E-state index is 10.6. The fourth-order valence-electron chi connectivity index (χ4n) is 5.34. The molecule has 2 aliphatic rings. The number of nitrogens with zero attached hydrogens (tertiary/aromatic N) is 6. The highest BCUT2D eigenvalue weighted by Crippen LogP contribution is 2.43. The Morgan fingerprint density at radius 3 is 2.42 bits per heavy atom. The van der Waals surface area contributed by atoms with E-state index in [4.69, 9.17) is 4.74 Å². The van der Waals surface area contributed by atoms with Crippen molar-refractivity contribution in [1.29, 1.82) is 0 Å². The van der Waals surface area contributed by atoms with Gasteiger partial charge in [-0.05, 0) is 57.2 Å². The van der Waals surface area contributed by atoms with Crippen LogP contribution >= 0.6 is 0 Å². The van der Waals surface area contributed by atoms with Crippen LogP contribution in [0.4, 0.5) is 5.82 Å². The van der Waals surface area contributed by atoms with Gasteiger partial charge in [-0.25, -0.2) is 4.98 Å². The fourth-order valence-corrected chi connectivity index (χ4v) is 5.34. The average molecular weight is 448 g/mol. The average Bonchev–Trinajstić information content (AvgIpc) is 3.05. The predicted molar refractivity (Wildman–Crippen MR) is 125 cm³/mol. The normalized spacial score (nSPS) is 26.2. The first-order chi connectivity index (χ1) is 15.8. The van der Waals surface area contributed by atoms with Crippen molar-refractivity contribution in [3.8, 4) is 34.1 Å². The molecule has 0 amide bonds. The van der Waals surface area contributed by atoms with Gasteiger partial charge in [-0.1, -0.05) is 6.07 Å². The SMILES string of the molecule is COc1cc(-c2ccc(-c3ncc(N(C)C4C[C@]5(C)CC[C@](C)(C4)N5)nn3)c(O)c2)cnn1. The summed E-state index contributed by atoms with van der Waals surface area (Å²) in [6, 6.07) is 7.45. The standard InChI is InChI=1S/C24H29N7O2/c1-23-7-8-24(2,30-23)12-17(11-23)31(3)20-14-25-22(29-27-20)18-6-5-15(9-19(18)32)16-10-21(33-4)28-26-13-16/h5-6,9-10,13-14,17,30,32H,7-8,11-12H2,1-4H3/t17?,23-,24+. The Morgan fingerprint density at radius 2 is 1.79 bits per heavy atom. The predicted octanol–water partition coefficient (Wildman–Crippen LogP) is 3.21. The van der Waals surface area contributed by atoms with E-state index in [1.165, 1.54) is 20.0 Å². The second-order valence-electron chi connectivity index (χ2n) is 9.78. The van der Waals surface area contributed by atoms with Crippen molar-refractivity contribution in [2.75, 3.05) is 19.1 Å². The van der Waals surface area contributed by atoms with E-state index in [-0.39, 0.29) is 16.8 Å². The highest BCUT2D eigenvalue weighted by Gasteiger charge is 2.49. The zero-order chi connectivity index (χ0) is 23.2. The quantitative estimate of drug-likeness (QED) is 0.609. The molecule has 2 aliphatic heterocycles. The van der Waals surface area contributed by atoms with Gasteiger partial charge in [-0.15, -0.1) is 15.3 Å². The topological polar surface area (TPSA) is 109 Å². The number of fused-ring (bicyclic) bond motifs is 2. The third-order valence-electron chi connectivity index (χ3n) is 7.08. The Bertz CT molecular complexity index is 1150. The smallest absolute Gasteiger partial charge is 0.233 e. The zero-order valence-corrected chi connectivity index (χ0v) is 19.4. The van der Waals surface area contributed by atoms with Crippen molar-refractivity contribution in [2.24, 2.45) is 0 Å². The lowest BCUT2D eigenvalue weighted by Crippen LogP contribution is -2.58. The fraction of sp³-hybridized carbons (Fsp3) is 0.458. The molecule has 172 valence electrons. The minimum absolute atomic E-state index is 0.0713. The molecule has 2 bridgehead atoms. The number of phenols is 1. The molecule has 1 unspecified atom stereocenters. The van der Waals surface area contributed by atoms with Crippen LogP contribution in [-0.4, -0.2) is 61.8 Å². The maximum absolute atomic E-state index is 10.6. The minimum Gasteiger partial charge on any atom is -0.507 e. The first kappa shape index (κ1) is 21.5. The van der Waals surface area contributed by atoms with E-state index in [1.54, 1.807) is 30.6 Å². The van der Waals surface area contributed by atoms with Gasteiger partial charge in [0.05, 0.1) is 25.1 Å². The molecule has 0 aliphatic carbocycles. The first-order valence-electron chi connectivity index (χ1n) is 11.2. The van der Waals surface area contributed by atoms with E-state index in [0.29, 0.717) is 23.3 Å². The lowest BCUT2D eigenvalue weighted by Gasteiger charge is -2.45. The van der Waals surface area contributed by atoms with Gasteiger partial charge in [0, 0.05) is 35.8 Å². The Morgan fingerprint density at radius 1 is 1.03 bits per heavy atom. The summed E-state index contributed by atoms with van der Waals surface area (Å²) in [6.07, 6.45) is 7.90. The molecule has 33 heavy (non-hydrogen) atoms. The van der Waals surface area contributed by atoms with Crippen molar-refractivity contribution in [1.82, 2.24) is 30.7 Å². The zero-order valence-electron chi connectivity index (χ0n) is 19.4. The maximum Gasteiger partial charge on any atom is 0.233 e. The van der Waals surface area contributed by atoms with Gasteiger partial charge in [-0.3, -0.25) is 0 Å². The van der Waals surface area contributed by atoms with Crippen molar-refractivity contribution >= 4 is 5.82 Å². The molecular weight excluding hydrogens is 418 g/mol. The summed E-state index contributed by atoms with van der Waals surface area (Å²) in [6.45, 7) is 4.63. The van der Waals surface area contributed by atoms with Crippen LogP contribution in [0, 0.1) is 0 Å². The van der Waals surface area contributed by atoms with Crippen LogP contribution in [0.25, 0.3) is 22.5 Å². The Labute approximate surface area is 193 Å². The number of hydrogen-bond acceptors (Lipinski definition) is 9. The van der Waals surface area contributed by atoms with Crippen LogP contribution in [-0.2, 0) is 0 Å². The number of phenolic OH excluding ortho intramolecular Hbond substituents is 1. The Kier molecular flexibility index (Phi) is 5.16. The molecule has 4 heterocycles. The van der Waals surface area contributed by atoms with Crippen LogP contribution in [0.3, 0.4) is 0 Å². The molecule has 0 radical (unpaired) electrons. The summed E-state index contributed by atoms with van der Waals surface area (Å²) in [4.78, 5) is 6.70. The number of piperidine rings is 1. The molecule has 2 N–H and O–H groups in total. The van der Waals surface area contributed by atoms with Gasteiger partial charge < -0.3 is 20.1 Å². The number of ether oxygens (including phenoxy) is 1. The summed E-state index contributed by atoms with van der Waals surface area (Å²) in [5, 5.41) is 31.0. The van der Waals surface area contributed by atoms with Gasteiger partial charge in [0.1, 0.15) is 5.75 Å². The van der Waals surface area contributed by atoms with Crippen LogP contribution < -0.4 is 15.0 Å². The number of aromatic nitrogens is 5. The summed E-state index contributed by atoms with van der Waals surface area (Å²) in [5.41, 5.74) is 2.45. The molecule has 2 saturated heterocycles. The number of methoxy groups -OCH3 is 1. The molecule has 9 nitrogen and oxygen atoms in total. The minimum atomic E-state index is 0.0713.